The second-order valence-electron chi connectivity index (χ2n) is 6.16. The van der Waals surface area contributed by atoms with Crippen molar-refractivity contribution < 1.29 is 4.79 Å². The number of carbonyl (C=O) groups is 1. The number of hydrogen-bond donors (Lipinski definition) is 1. The maximum atomic E-state index is 12.3. The first-order valence-electron chi connectivity index (χ1n) is 8.69. The fourth-order valence-corrected chi connectivity index (χ4v) is 3.14. The molecular weight excluding hydrogens is 338 g/mol. The highest BCUT2D eigenvalue weighted by Crippen LogP contribution is 2.14. The standard InChI is InChI=1S/C18H24ClN5O/c1-2-17-20-7-8-23(17)12-9-22-10-13-24(14-11-22)18(25)21-16-5-3-15(19)4-6-16/h3-8H,2,9-14H2,1H3,(H,21,25). The van der Waals surface area contributed by atoms with Crippen molar-refractivity contribution in [3.05, 3.63) is 47.5 Å². The number of rotatable bonds is 5. The van der Waals surface area contributed by atoms with Crippen LogP contribution in [0.2, 0.25) is 5.02 Å². The van der Waals surface area contributed by atoms with Crippen LogP contribution in [-0.4, -0.2) is 58.1 Å². The molecule has 134 valence electrons. The van der Waals surface area contributed by atoms with E-state index in [9.17, 15) is 4.79 Å². The van der Waals surface area contributed by atoms with Gasteiger partial charge < -0.3 is 14.8 Å². The lowest BCUT2D eigenvalue weighted by Crippen LogP contribution is -2.50. The molecule has 1 fully saturated rings. The molecule has 1 aliphatic heterocycles. The van der Waals surface area contributed by atoms with Crippen LogP contribution in [-0.2, 0) is 13.0 Å². The number of halogens is 1. The molecule has 0 atom stereocenters. The van der Waals surface area contributed by atoms with E-state index < -0.39 is 0 Å². The largest absolute Gasteiger partial charge is 0.334 e. The van der Waals surface area contributed by atoms with Crippen LogP contribution in [0.5, 0.6) is 0 Å². The summed E-state index contributed by atoms with van der Waals surface area (Å²) in [7, 11) is 0. The molecule has 0 unspecified atom stereocenters. The SMILES string of the molecule is CCc1nccn1CCN1CCN(C(=O)Nc2ccc(Cl)cc2)CC1. The quantitative estimate of drug-likeness (QED) is 0.890. The maximum absolute atomic E-state index is 12.3. The maximum Gasteiger partial charge on any atom is 0.321 e. The van der Waals surface area contributed by atoms with Gasteiger partial charge in [0.05, 0.1) is 0 Å². The number of carbonyl (C=O) groups excluding carboxylic acids is 1. The highest BCUT2D eigenvalue weighted by Gasteiger charge is 2.21. The number of aromatic nitrogens is 2. The molecule has 2 heterocycles. The van der Waals surface area contributed by atoms with E-state index in [4.69, 9.17) is 11.6 Å². The van der Waals surface area contributed by atoms with Crippen molar-refractivity contribution in [2.75, 3.05) is 38.0 Å². The number of nitrogens with zero attached hydrogens (tertiary/aromatic N) is 4. The lowest BCUT2D eigenvalue weighted by molar-refractivity contribution is 0.144. The topological polar surface area (TPSA) is 53.4 Å². The van der Waals surface area contributed by atoms with Crippen LogP contribution in [0.4, 0.5) is 10.5 Å². The summed E-state index contributed by atoms with van der Waals surface area (Å²) in [5.41, 5.74) is 0.768. The summed E-state index contributed by atoms with van der Waals surface area (Å²) in [4.78, 5) is 20.9. The summed E-state index contributed by atoms with van der Waals surface area (Å²) in [6, 6.07) is 7.12. The molecule has 1 aliphatic rings. The van der Waals surface area contributed by atoms with Gasteiger partial charge in [-0.25, -0.2) is 9.78 Å². The van der Waals surface area contributed by atoms with Crippen LogP contribution in [0.25, 0.3) is 0 Å². The van der Waals surface area contributed by atoms with Gasteiger partial charge in [-0.1, -0.05) is 18.5 Å². The first kappa shape index (κ1) is 17.8. The second-order valence-corrected chi connectivity index (χ2v) is 6.59. The molecular formula is C18H24ClN5O. The summed E-state index contributed by atoms with van der Waals surface area (Å²) in [5.74, 6) is 1.13. The van der Waals surface area contributed by atoms with Crippen LogP contribution in [0, 0.1) is 0 Å². The number of benzene rings is 1. The predicted octanol–water partition coefficient (Wildman–Crippen LogP) is 2.95. The Bertz CT molecular complexity index is 692. The Hall–Kier alpha value is -2.05. The number of urea groups is 1. The fraction of sp³-hybridized carbons (Fsp3) is 0.444. The average Bonchev–Trinajstić information content (AvgIpc) is 3.10. The Labute approximate surface area is 153 Å². The number of aryl methyl sites for hydroxylation is 1. The number of nitrogens with one attached hydrogen (secondary N) is 1. The van der Waals surface area contributed by atoms with Crippen molar-refractivity contribution in [1.29, 1.82) is 0 Å². The minimum atomic E-state index is -0.0511. The van der Waals surface area contributed by atoms with Crippen molar-refractivity contribution in [1.82, 2.24) is 19.4 Å². The van der Waals surface area contributed by atoms with Crippen molar-refractivity contribution in [2.24, 2.45) is 0 Å². The number of amides is 2. The highest BCUT2D eigenvalue weighted by molar-refractivity contribution is 6.30. The molecule has 1 aromatic carbocycles. The third-order valence-electron chi connectivity index (χ3n) is 4.53. The molecule has 0 aliphatic carbocycles. The Morgan fingerprint density at radius 1 is 1.16 bits per heavy atom. The van der Waals surface area contributed by atoms with Crippen LogP contribution in [0.1, 0.15) is 12.7 Å². The number of anilines is 1. The van der Waals surface area contributed by atoms with E-state index in [2.05, 4.69) is 26.7 Å². The number of piperazine rings is 1. The van der Waals surface area contributed by atoms with E-state index in [1.807, 2.05) is 29.4 Å². The molecule has 1 saturated heterocycles. The Balaban J connectivity index is 1.43. The predicted molar refractivity (Wildman–Crippen MR) is 100 cm³/mol. The zero-order valence-corrected chi connectivity index (χ0v) is 15.2. The van der Waals surface area contributed by atoms with E-state index in [-0.39, 0.29) is 6.03 Å². The Kier molecular flexibility index (Phi) is 5.94. The summed E-state index contributed by atoms with van der Waals surface area (Å²) in [5, 5.41) is 3.58. The first-order chi connectivity index (χ1) is 12.2. The van der Waals surface area contributed by atoms with Gasteiger partial charge in [-0.05, 0) is 24.3 Å². The average molecular weight is 362 g/mol. The van der Waals surface area contributed by atoms with Gasteiger partial charge in [0, 0.05) is 68.8 Å². The van der Waals surface area contributed by atoms with Gasteiger partial charge in [0.2, 0.25) is 0 Å². The molecule has 0 bridgehead atoms. The van der Waals surface area contributed by atoms with Crippen molar-refractivity contribution in [3.8, 4) is 0 Å². The molecule has 6 nitrogen and oxygen atoms in total. The molecule has 0 spiro atoms. The van der Waals surface area contributed by atoms with Gasteiger partial charge in [-0.3, -0.25) is 4.90 Å². The lowest BCUT2D eigenvalue weighted by atomic mass is 10.3. The van der Waals surface area contributed by atoms with Gasteiger partial charge in [-0.15, -0.1) is 0 Å². The minimum absolute atomic E-state index is 0.0511. The number of imidazole rings is 1. The molecule has 25 heavy (non-hydrogen) atoms. The third-order valence-corrected chi connectivity index (χ3v) is 4.78. The van der Waals surface area contributed by atoms with Crippen molar-refractivity contribution >= 4 is 23.3 Å². The van der Waals surface area contributed by atoms with Gasteiger partial charge in [0.25, 0.3) is 0 Å². The zero-order valence-electron chi connectivity index (χ0n) is 14.5. The van der Waals surface area contributed by atoms with Crippen molar-refractivity contribution in [2.45, 2.75) is 19.9 Å². The summed E-state index contributed by atoms with van der Waals surface area (Å²) < 4.78 is 2.21. The highest BCUT2D eigenvalue weighted by atomic mass is 35.5. The molecule has 2 amide bonds. The van der Waals surface area contributed by atoms with Gasteiger partial charge in [0.1, 0.15) is 5.82 Å². The van der Waals surface area contributed by atoms with Gasteiger partial charge in [0.15, 0.2) is 0 Å². The van der Waals surface area contributed by atoms with Crippen LogP contribution in [0.15, 0.2) is 36.7 Å². The second kappa shape index (κ2) is 8.36. The van der Waals surface area contributed by atoms with E-state index in [0.717, 1.165) is 57.2 Å². The smallest absolute Gasteiger partial charge is 0.321 e. The Morgan fingerprint density at radius 2 is 1.88 bits per heavy atom. The van der Waals surface area contributed by atoms with Crippen LogP contribution < -0.4 is 5.32 Å². The van der Waals surface area contributed by atoms with Gasteiger partial charge in [-0.2, -0.15) is 0 Å². The van der Waals surface area contributed by atoms with Crippen LogP contribution >= 0.6 is 11.6 Å². The van der Waals surface area contributed by atoms with Crippen molar-refractivity contribution in [3.63, 3.8) is 0 Å². The summed E-state index contributed by atoms with van der Waals surface area (Å²) >= 11 is 5.86. The molecule has 0 saturated carbocycles. The van der Waals surface area contributed by atoms with Crippen LogP contribution in [0.3, 0.4) is 0 Å². The molecule has 2 aromatic rings. The Morgan fingerprint density at radius 3 is 2.56 bits per heavy atom. The third kappa shape index (κ3) is 4.74. The molecule has 1 N–H and O–H groups in total. The zero-order chi connectivity index (χ0) is 17.6. The molecule has 1 aromatic heterocycles. The normalized spacial score (nSPS) is 15.4. The lowest BCUT2D eigenvalue weighted by Gasteiger charge is -2.34. The van der Waals surface area contributed by atoms with E-state index in [1.165, 1.54) is 0 Å². The summed E-state index contributed by atoms with van der Waals surface area (Å²) in [6.07, 6.45) is 4.85. The molecule has 3 rings (SSSR count). The molecule has 7 heteroatoms. The summed E-state index contributed by atoms with van der Waals surface area (Å²) in [6.45, 7) is 7.31. The van der Waals surface area contributed by atoms with E-state index >= 15 is 0 Å². The first-order valence-corrected chi connectivity index (χ1v) is 9.07. The monoisotopic (exact) mass is 361 g/mol. The fourth-order valence-electron chi connectivity index (χ4n) is 3.02. The van der Waals surface area contributed by atoms with E-state index in [0.29, 0.717) is 5.02 Å². The number of hydrogen-bond acceptors (Lipinski definition) is 3. The molecule has 0 radical (unpaired) electrons. The minimum Gasteiger partial charge on any atom is -0.334 e. The van der Waals surface area contributed by atoms with Gasteiger partial charge >= 0.3 is 6.03 Å². The van der Waals surface area contributed by atoms with E-state index in [1.54, 1.807) is 12.1 Å².